The zero-order valence-corrected chi connectivity index (χ0v) is 6.27. The standard InChI is InChI=1S/C9H7NO2/c11-9-8(6-10(9)12)7-4-2-1-3-5-7/h1-6,12H. The summed E-state index contributed by atoms with van der Waals surface area (Å²) >= 11 is 0. The van der Waals surface area contributed by atoms with Gasteiger partial charge in [-0.05, 0) is 5.56 Å². The lowest BCUT2D eigenvalue weighted by molar-refractivity contribution is -0.151. The monoisotopic (exact) mass is 161 g/mol. The fraction of sp³-hybridized carbons (Fsp3) is 0. The summed E-state index contributed by atoms with van der Waals surface area (Å²) in [6.45, 7) is 0. The van der Waals surface area contributed by atoms with Crippen LogP contribution in [0, 0.1) is 0 Å². The van der Waals surface area contributed by atoms with Crippen molar-refractivity contribution < 1.29 is 10.0 Å². The molecule has 0 spiro atoms. The predicted octanol–water partition coefficient (Wildman–Crippen LogP) is 1.26. The van der Waals surface area contributed by atoms with Crippen LogP contribution in [0.3, 0.4) is 0 Å². The van der Waals surface area contributed by atoms with Crippen molar-refractivity contribution in [1.29, 1.82) is 0 Å². The molecule has 2 rings (SSSR count). The van der Waals surface area contributed by atoms with Gasteiger partial charge in [-0.1, -0.05) is 30.3 Å². The number of rotatable bonds is 1. The molecule has 0 unspecified atom stereocenters. The second-order valence-corrected chi connectivity index (χ2v) is 2.56. The summed E-state index contributed by atoms with van der Waals surface area (Å²) in [6, 6.07) is 9.24. The molecule has 0 radical (unpaired) electrons. The van der Waals surface area contributed by atoms with E-state index in [0.717, 1.165) is 5.56 Å². The summed E-state index contributed by atoms with van der Waals surface area (Å²) in [5, 5.41) is 9.34. The number of hydroxylamine groups is 2. The molecule has 3 nitrogen and oxygen atoms in total. The molecule has 1 aromatic rings. The van der Waals surface area contributed by atoms with Crippen LogP contribution in [0.15, 0.2) is 36.5 Å². The fourth-order valence-electron chi connectivity index (χ4n) is 1.11. The van der Waals surface area contributed by atoms with Gasteiger partial charge in [-0.2, -0.15) is 5.06 Å². The van der Waals surface area contributed by atoms with Crippen molar-refractivity contribution in [3.8, 4) is 0 Å². The second kappa shape index (κ2) is 2.46. The van der Waals surface area contributed by atoms with Gasteiger partial charge in [0, 0.05) is 0 Å². The van der Waals surface area contributed by atoms with Crippen molar-refractivity contribution in [1.82, 2.24) is 5.06 Å². The molecule has 1 aliphatic rings. The highest BCUT2D eigenvalue weighted by atomic mass is 16.5. The molecular formula is C9H7NO2. The number of hydrogen-bond acceptors (Lipinski definition) is 2. The van der Waals surface area contributed by atoms with Crippen LogP contribution in [-0.2, 0) is 4.79 Å². The van der Waals surface area contributed by atoms with E-state index in [1.807, 2.05) is 30.3 Å². The number of carbonyl (C=O) groups excluding carboxylic acids is 1. The Kier molecular flexibility index (Phi) is 1.45. The third-order valence-corrected chi connectivity index (χ3v) is 1.77. The van der Waals surface area contributed by atoms with Gasteiger partial charge < -0.3 is 0 Å². The Morgan fingerprint density at radius 2 is 1.83 bits per heavy atom. The van der Waals surface area contributed by atoms with Crippen LogP contribution < -0.4 is 0 Å². The topological polar surface area (TPSA) is 40.5 Å². The van der Waals surface area contributed by atoms with Gasteiger partial charge in [-0.15, -0.1) is 0 Å². The lowest BCUT2D eigenvalue weighted by atomic mass is 10.0. The fourth-order valence-corrected chi connectivity index (χ4v) is 1.11. The van der Waals surface area contributed by atoms with Gasteiger partial charge in [0.05, 0.1) is 11.8 Å². The van der Waals surface area contributed by atoms with E-state index >= 15 is 0 Å². The molecule has 1 N–H and O–H groups in total. The third kappa shape index (κ3) is 0.914. The van der Waals surface area contributed by atoms with Crippen LogP contribution in [0.5, 0.6) is 0 Å². The van der Waals surface area contributed by atoms with Crippen LogP contribution in [0.2, 0.25) is 0 Å². The molecule has 0 saturated heterocycles. The zero-order chi connectivity index (χ0) is 8.55. The average Bonchev–Trinajstić information content (AvgIpc) is 2.15. The van der Waals surface area contributed by atoms with E-state index in [-0.39, 0.29) is 5.91 Å². The Labute approximate surface area is 69.5 Å². The van der Waals surface area contributed by atoms with Crippen molar-refractivity contribution in [3.05, 3.63) is 42.1 Å². The highest BCUT2D eigenvalue weighted by Crippen LogP contribution is 2.23. The maximum atomic E-state index is 11.0. The lowest BCUT2D eigenvalue weighted by Gasteiger charge is -2.22. The molecule has 0 saturated carbocycles. The molecule has 3 heteroatoms. The van der Waals surface area contributed by atoms with Crippen LogP contribution in [0.25, 0.3) is 5.57 Å². The molecule has 1 aromatic carbocycles. The Morgan fingerprint density at radius 3 is 2.33 bits per heavy atom. The summed E-state index contributed by atoms with van der Waals surface area (Å²) in [7, 11) is 0. The van der Waals surface area contributed by atoms with Gasteiger partial charge >= 0.3 is 0 Å². The molecule has 12 heavy (non-hydrogen) atoms. The van der Waals surface area contributed by atoms with E-state index in [0.29, 0.717) is 10.6 Å². The molecular weight excluding hydrogens is 154 g/mol. The molecule has 0 atom stereocenters. The highest BCUT2D eigenvalue weighted by molar-refractivity contribution is 6.24. The summed E-state index contributed by atoms with van der Waals surface area (Å²) in [4.78, 5) is 11.0. The quantitative estimate of drug-likeness (QED) is 0.630. The van der Waals surface area contributed by atoms with Gasteiger partial charge in [-0.25, -0.2) is 0 Å². The van der Waals surface area contributed by atoms with E-state index in [1.165, 1.54) is 6.20 Å². The average molecular weight is 161 g/mol. The zero-order valence-electron chi connectivity index (χ0n) is 6.27. The largest absolute Gasteiger partial charge is 0.283 e. The van der Waals surface area contributed by atoms with Gasteiger partial charge in [0.1, 0.15) is 0 Å². The van der Waals surface area contributed by atoms with E-state index in [9.17, 15) is 4.79 Å². The minimum atomic E-state index is -0.346. The molecule has 0 bridgehead atoms. The first-order valence-electron chi connectivity index (χ1n) is 3.59. The van der Waals surface area contributed by atoms with Crippen LogP contribution in [0.1, 0.15) is 5.56 Å². The minimum Gasteiger partial charge on any atom is -0.281 e. The van der Waals surface area contributed by atoms with Crippen molar-refractivity contribution >= 4 is 11.5 Å². The van der Waals surface area contributed by atoms with Crippen molar-refractivity contribution in [2.45, 2.75) is 0 Å². The van der Waals surface area contributed by atoms with Crippen LogP contribution >= 0.6 is 0 Å². The molecule has 1 amide bonds. The van der Waals surface area contributed by atoms with Gasteiger partial charge in [0.15, 0.2) is 0 Å². The van der Waals surface area contributed by atoms with Crippen molar-refractivity contribution in [2.75, 3.05) is 0 Å². The Bertz CT molecular complexity index is 343. The maximum Gasteiger partial charge on any atom is 0.283 e. The number of nitrogens with zero attached hydrogens (tertiary/aromatic N) is 1. The first-order chi connectivity index (χ1) is 5.79. The van der Waals surface area contributed by atoms with Gasteiger partial charge in [-0.3, -0.25) is 10.0 Å². The Morgan fingerprint density at radius 1 is 1.17 bits per heavy atom. The van der Waals surface area contributed by atoms with E-state index in [2.05, 4.69) is 0 Å². The molecule has 0 aliphatic carbocycles. The SMILES string of the molecule is O=C1C(c2ccccc2)=CN1O. The molecule has 1 aliphatic heterocycles. The summed E-state index contributed by atoms with van der Waals surface area (Å²) in [5.41, 5.74) is 1.39. The first kappa shape index (κ1) is 7.06. The molecule has 0 fully saturated rings. The van der Waals surface area contributed by atoms with Gasteiger partial charge in [0.2, 0.25) is 0 Å². The van der Waals surface area contributed by atoms with Gasteiger partial charge in [0.25, 0.3) is 5.91 Å². The van der Waals surface area contributed by atoms with E-state index in [1.54, 1.807) is 0 Å². The summed E-state index contributed by atoms with van der Waals surface area (Å²) < 4.78 is 0. The summed E-state index contributed by atoms with van der Waals surface area (Å²) in [6.07, 6.45) is 1.40. The maximum absolute atomic E-state index is 11.0. The van der Waals surface area contributed by atoms with Crippen molar-refractivity contribution in [3.63, 3.8) is 0 Å². The highest BCUT2D eigenvalue weighted by Gasteiger charge is 2.26. The number of benzene rings is 1. The van der Waals surface area contributed by atoms with E-state index in [4.69, 9.17) is 5.21 Å². The normalized spacial score (nSPS) is 15.6. The first-order valence-corrected chi connectivity index (χ1v) is 3.59. The second-order valence-electron chi connectivity index (χ2n) is 2.56. The summed E-state index contributed by atoms with van der Waals surface area (Å²) in [5.74, 6) is -0.346. The molecule has 60 valence electrons. The predicted molar refractivity (Wildman–Crippen MR) is 43.1 cm³/mol. The number of hydrogen-bond donors (Lipinski definition) is 1. The van der Waals surface area contributed by atoms with Crippen LogP contribution in [0.4, 0.5) is 0 Å². The van der Waals surface area contributed by atoms with Crippen LogP contribution in [-0.4, -0.2) is 16.2 Å². The minimum absolute atomic E-state index is 0.346. The van der Waals surface area contributed by atoms with E-state index < -0.39 is 0 Å². The lowest BCUT2D eigenvalue weighted by Crippen LogP contribution is -2.32. The number of amides is 1. The molecule has 1 heterocycles. The Balaban J connectivity index is 2.35. The molecule has 0 aromatic heterocycles. The van der Waals surface area contributed by atoms with Crippen molar-refractivity contribution in [2.24, 2.45) is 0 Å². The number of carbonyl (C=O) groups is 1. The smallest absolute Gasteiger partial charge is 0.281 e. The Hall–Kier alpha value is -1.61. The third-order valence-electron chi connectivity index (χ3n) is 1.77.